The zero-order chi connectivity index (χ0) is 15.5. The van der Waals surface area contributed by atoms with Crippen LogP contribution in [0, 0.1) is 0 Å². The number of sulfonamides is 1. The molecule has 0 heterocycles. The Balaban J connectivity index is 2.58. The summed E-state index contributed by atoms with van der Waals surface area (Å²) < 4.78 is 33.1. The van der Waals surface area contributed by atoms with Gasteiger partial charge in [-0.05, 0) is 37.3 Å². The van der Waals surface area contributed by atoms with Crippen LogP contribution >= 0.6 is 15.9 Å². The van der Waals surface area contributed by atoms with Gasteiger partial charge in [0.2, 0.25) is 0 Å². The highest BCUT2D eigenvalue weighted by molar-refractivity contribution is 9.10. The van der Waals surface area contributed by atoms with Gasteiger partial charge in [0.05, 0.1) is 12.8 Å². The average Bonchev–Trinajstić information content (AvgIpc) is 2.49. The molecule has 0 bridgehead atoms. The smallest absolute Gasteiger partial charge is 0.268 e. The van der Waals surface area contributed by atoms with Gasteiger partial charge in [-0.2, -0.15) is 0 Å². The summed E-state index contributed by atoms with van der Waals surface area (Å²) in [5, 5.41) is 0. The van der Waals surface area contributed by atoms with Gasteiger partial charge in [-0.25, -0.2) is 8.42 Å². The van der Waals surface area contributed by atoms with Crippen molar-refractivity contribution in [2.75, 3.05) is 18.0 Å². The third-order valence-corrected chi connectivity index (χ3v) is 5.44. The molecule has 0 fully saturated rings. The molecule has 2 aromatic carbocycles. The molecular formula is C15H16BrNO3S. The quantitative estimate of drug-likeness (QED) is 0.807. The second-order valence-corrected chi connectivity index (χ2v) is 7.05. The second kappa shape index (κ2) is 6.49. The molecule has 0 saturated carbocycles. The maximum Gasteiger partial charge on any atom is 0.268 e. The Morgan fingerprint density at radius 3 is 2.38 bits per heavy atom. The van der Waals surface area contributed by atoms with Crippen molar-refractivity contribution in [3.63, 3.8) is 0 Å². The monoisotopic (exact) mass is 369 g/mol. The summed E-state index contributed by atoms with van der Waals surface area (Å²) in [7, 11) is -2.23. The van der Waals surface area contributed by atoms with Crippen molar-refractivity contribution >= 4 is 31.6 Å². The minimum Gasteiger partial charge on any atom is -0.495 e. The largest absolute Gasteiger partial charge is 0.495 e. The molecule has 0 spiro atoms. The van der Waals surface area contributed by atoms with Crippen molar-refractivity contribution in [1.82, 2.24) is 0 Å². The van der Waals surface area contributed by atoms with E-state index in [1.807, 2.05) is 18.2 Å². The van der Waals surface area contributed by atoms with Gasteiger partial charge in [0.25, 0.3) is 10.0 Å². The van der Waals surface area contributed by atoms with Crippen molar-refractivity contribution in [3.05, 3.63) is 53.0 Å². The van der Waals surface area contributed by atoms with Crippen molar-refractivity contribution < 1.29 is 13.2 Å². The molecule has 6 heteroatoms. The molecule has 0 aromatic heterocycles. The summed E-state index contributed by atoms with van der Waals surface area (Å²) in [4.78, 5) is 0.144. The zero-order valence-electron chi connectivity index (χ0n) is 11.8. The molecule has 4 nitrogen and oxygen atoms in total. The van der Waals surface area contributed by atoms with Gasteiger partial charge in [0.1, 0.15) is 10.6 Å². The highest BCUT2D eigenvalue weighted by atomic mass is 79.9. The van der Waals surface area contributed by atoms with Gasteiger partial charge in [-0.3, -0.25) is 4.31 Å². The summed E-state index contributed by atoms with van der Waals surface area (Å²) >= 11 is 3.31. The third-order valence-electron chi connectivity index (χ3n) is 3.03. The van der Waals surface area contributed by atoms with Crippen LogP contribution in [-0.2, 0) is 10.0 Å². The standard InChI is InChI=1S/C15H16BrNO3S/c1-3-17(13-7-5-4-6-8-13)21(18,19)15-11-12(16)9-10-14(15)20-2/h4-11H,3H2,1-2H3. The number of halogens is 1. The minimum atomic E-state index is -3.69. The summed E-state index contributed by atoms with van der Waals surface area (Å²) in [6.07, 6.45) is 0. The summed E-state index contributed by atoms with van der Waals surface area (Å²) in [5.74, 6) is 0.326. The Bertz CT molecular complexity index is 717. The molecule has 0 saturated heterocycles. The van der Waals surface area contributed by atoms with E-state index in [1.54, 1.807) is 37.3 Å². The van der Waals surface area contributed by atoms with Crippen molar-refractivity contribution in [2.45, 2.75) is 11.8 Å². The van der Waals surface area contributed by atoms with Crippen LogP contribution in [0.15, 0.2) is 57.9 Å². The Hall–Kier alpha value is -1.53. The van der Waals surface area contributed by atoms with Crippen LogP contribution in [0.5, 0.6) is 5.75 Å². The molecule has 112 valence electrons. The lowest BCUT2D eigenvalue weighted by atomic mass is 10.3. The first kappa shape index (κ1) is 15.9. The number of hydrogen-bond acceptors (Lipinski definition) is 3. The molecule has 0 N–H and O–H groups in total. The lowest BCUT2D eigenvalue weighted by molar-refractivity contribution is 0.402. The maximum absolute atomic E-state index is 12.9. The Morgan fingerprint density at radius 1 is 1.14 bits per heavy atom. The van der Waals surface area contributed by atoms with Gasteiger partial charge in [0, 0.05) is 11.0 Å². The number of hydrogen-bond donors (Lipinski definition) is 0. The van der Waals surface area contributed by atoms with E-state index in [4.69, 9.17) is 4.74 Å². The molecule has 2 rings (SSSR count). The predicted molar refractivity (Wildman–Crippen MR) is 87.3 cm³/mol. The second-order valence-electron chi connectivity index (χ2n) is 4.30. The molecular weight excluding hydrogens is 354 g/mol. The lowest BCUT2D eigenvalue weighted by Gasteiger charge is -2.24. The van der Waals surface area contributed by atoms with E-state index in [2.05, 4.69) is 15.9 Å². The fourth-order valence-electron chi connectivity index (χ4n) is 2.06. The highest BCUT2D eigenvalue weighted by Crippen LogP contribution is 2.31. The van der Waals surface area contributed by atoms with Crippen LogP contribution < -0.4 is 9.04 Å². The van der Waals surface area contributed by atoms with Gasteiger partial charge < -0.3 is 4.74 Å². The third kappa shape index (κ3) is 3.22. The topological polar surface area (TPSA) is 46.6 Å². The normalized spacial score (nSPS) is 11.2. The predicted octanol–water partition coefficient (Wildman–Crippen LogP) is 3.67. The number of methoxy groups -OCH3 is 1. The maximum atomic E-state index is 12.9. The highest BCUT2D eigenvalue weighted by Gasteiger charge is 2.27. The number of rotatable bonds is 5. The Labute approximate surface area is 133 Å². The number of benzene rings is 2. The van der Waals surface area contributed by atoms with Crippen LogP contribution in [0.3, 0.4) is 0 Å². The minimum absolute atomic E-state index is 0.144. The van der Waals surface area contributed by atoms with Crippen LogP contribution in [-0.4, -0.2) is 22.1 Å². The number of para-hydroxylation sites is 1. The van der Waals surface area contributed by atoms with E-state index < -0.39 is 10.0 Å². The van der Waals surface area contributed by atoms with E-state index in [0.717, 1.165) is 0 Å². The van der Waals surface area contributed by atoms with Crippen LogP contribution in [0.4, 0.5) is 5.69 Å². The van der Waals surface area contributed by atoms with E-state index in [9.17, 15) is 8.42 Å². The Morgan fingerprint density at radius 2 is 1.81 bits per heavy atom. The van der Waals surface area contributed by atoms with Gasteiger partial charge in [-0.15, -0.1) is 0 Å². The zero-order valence-corrected chi connectivity index (χ0v) is 14.2. The Kier molecular flexibility index (Phi) is 4.90. The number of ether oxygens (including phenoxy) is 1. The molecule has 0 atom stereocenters. The first-order valence-electron chi connectivity index (χ1n) is 6.42. The van der Waals surface area contributed by atoms with Gasteiger partial charge in [-0.1, -0.05) is 34.1 Å². The van der Waals surface area contributed by atoms with Gasteiger partial charge in [0.15, 0.2) is 0 Å². The summed E-state index contributed by atoms with van der Waals surface area (Å²) in [5.41, 5.74) is 0.627. The summed E-state index contributed by atoms with van der Waals surface area (Å²) in [6, 6.07) is 13.9. The molecule has 2 aromatic rings. The average molecular weight is 370 g/mol. The van der Waals surface area contributed by atoms with Crippen LogP contribution in [0.1, 0.15) is 6.92 Å². The lowest BCUT2D eigenvalue weighted by Crippen LogP contribution is -2.31. The van der Waals surface area contributed by atoms with E-state index in [0.29, 0.717) is 22.5 Å². The van der Waals surface area contributed by atoms with Crippen LogP contribution in [0.25, 0.3) is 0 Å². The molecule has 0 aliphatic carbocycles. The van der Waals surface area contributed by atoms with E-state index in [1.165, 1.54) is 11.4 Å². The molecule has 0 unspecified atom stereocenters. The van der Waals surface area contributed by atoms with Crippen molar-refractivity contribution in [1.29, 1.82) is 0 Å². The van der Waals surface area contributed by atoms with E-state index >= 15 is 0 Å². The molecule has 21 heavy (non-hydrogen) atoms. The van der Waals surface area contributed by atoms with Crippen molar-refractivity contribution in [2.24, 2.45) is 0 Å². The first-order chi connectivity index (χ1) is 10.0. The van der Waals surface area contributed by atoms with Crippen molar-refractivity contribution in [3.8, 4) is 5.75 Å². The number of anilines is 1. The first-order valence-corrected chi connectivity index (χ1v) is 8.65. The van der Waals surface area contributed by atoms with E-state index in [-0.39, 0.29) is 4.90 Å². The number of nitrogens with zero attached hydrogens (tertiary/aromatic N) is 1. The SMILES string of the molecule is CCN(c1ccccc1)S(=O)(=O)c1cc(Br)ccc1OC. The fraction of sp³-hybridized carbons (Fsp3) is 0.200. The molecule has 0 radical (unpaired) electrons. The van der Waals surface area contributed by atoms with Gasteiger partial charge >= 0.3 is 0 Å². The fourth-order valence-corrected chi connectivity index (χ4v) is 4.23. The van der Waals surface area contributed by atoms with Crippen LogP contribution in [0.2, 0.25) is 0 Å². The molecule has 0 amide bonds. The molecule has 0 aliphatic heterocycles. The summed E-state index contributed by atoms with van der Waals surface area (Å²) in [6.45, 7) is 2.14. The molecule has 0 aliphatic rings.